The van der Waals surface area contributed by atoms with Gasteiger partial charge in [0, 0.05) is 16.7 Å². The van der Waals surface area contributed by atoms with Crippen LogP contribution in [0.15, 0.2) is 22.7 Å². The molecule has 0 amide bonds. The Hall–Kier alpha value is -1.03. The Morgan fingerprint density at radius 2 is 2.12 bits per heavy atom. The Bertz CT molecular complexity index is 402. The summed E-state index contributed by atoms with van der Waals surface area (Å²) in [5, 5.41) is 12.2. The standard InChI is InChI=1S/C12H16BrNO2/c1-8-4-5-9(13)6-10(8)14-7-12(2,3)11(15)16/h4-6,14H,7H2,1-3H3,(H,15,16). The molecule has 0 fully saturated rings. The summed E-state index contributed by atoms with van der Waals surface area (Å²) in [5.74, 6) is -0.798. The van der Waals surface area contributed by atoms with E-state index in [2.05, 4.69) is 21.2 Å². The van der Waals surface area contributed by atoms with Crippen LogP contribution in [0.3, 0.4) is 0 Å². The third-order valence-corrected chi connectivity index (χ3v) is 2.99. The molecule has 16 heavy (non-hydrogen) atoms. The zero-order valence-corrected chi connectivity index (χ0v) is 11.3. The number of aliphatic carboxylic acids is 1. The fourth-order valence-electron chi connectivity index (χ4n) is 1.18. The van der Waals surface area contributed by atoms with Gasteiger partial charge in [0.2, 0.25) is 0 Å². The third kappa shape index (κ3) is 3.23. The highest BCUT2D eigenvalue weighted by Crippen LogP contribution is 2.23. The van der Waals surface area contributed by atoms with E-state index in [-0.39, 0.29) is 0 Å². The van der Waals surface area contributed by atoms with Crippen molar-refractivity contribution < 1.29 is 9.90 Å². The highest BCUT2D eigenvalue weighted by atomic mass is 79.9. The minimum Gasteiger partial charge on any atom is -0.481 e. The van der Waals surface area contributed by atoms with Crippen LogP contribution in [0, 0.1) is 12.3 Å². The van der Waals surface area contributed by atoms with E-state index in [1.807, 2.05) is 25.1 Å². The van der Waals surface area contributed by atoms with Crippen molar-refractivity contribution in [1.29, 1.82) is 0 Å². The number of carbonyl (C=O) groups is 1. The van der Waals surface area contributed by atoms with Crippen LogP contribution in [0.25, 0.3) is 0 Å². The number of hydrogen-bond donors (Lipinski definition) is 2. The number of carboxylic acids is 1. The van der Waals surface area contributed by atoms with Crippen molar-refractivity contribution in [2.75, 3.05) is 11.9 Å². The molecule has 0 saturated carbocycles. The molecular weight excluding hydrogens is 270 g/mol. The van der Waals surface area contributed by atoms with Crippen LogP contribution in [-0.2, 0) is 4.79 Å². The SMILES string of the molecule is Cc1ccc(Br)cc1NCC(C)(C)C(=O)O. The van der Waals surface area contributed by atoms with Gasteiger partial charge in [0.25, 0.3) is 0 Å². The lowest BCUT2D eigenvalue weighted by atomic mass is 9.93. The molecule has 0 heterocycles. The van der Waals surface area contributed by atoms with Crippen molar-refractivity contribution in [3.05, 3.63) is 28.2 Å². The molecule has 0 spiro atoms. The summed E-state index contributed by atoms with van der Waals surface area (Å²) in [6.45, 7) is 5.80. The summed E-state index contributed by atoms with van der Waals surface area (Å²) >= 11 is 3.39. The minimum absolute atomic E-state index is 0.402. The molecule has 0 aliphatic heterocycles. The molecule has 1 rings (SSSR count). The molecule has 0 saturated heterocycles. The number of carboxylic acid groups (broad SMARTS) is 1. The van der Waals surface area contributed by atoms with Crippen molar-refractivity contribution in [2.24, 2.45) is 5.41 Å². The van der Waals surface area contributed by atoms with Gasteiger partial charge in [-0.05, 0) is 38.5 Å². The van der Waals surface area contributed by atoms with E-state index in [0.29, 0.717) is 6.54 Å². The molecule has 0 bridgehead atoms. The Morgan fingerprint density at radius 3 is 2.69 bits per heavy atom. The van der Waals surface area contributed by atoms with Crippen LogP contribution in [0.1, 0.15) is 19.4 Å². The predicted octanol–water partition coefficient (Wildman–Crippen LogP) is 3.28. The molecule has 0 aromatic heterocycles. The summed E-state index contributed by atoms with van der Waals surface area (Å²) in [4.78, 5) is 10.9. The first-order valence-corrected chi connectivity index (χ1v) is 5.85. The smallest absolute Gasteiger partial charge is 0.310 e. The van der Waals surface area contributed by atoms with Gasteiger partial charge in [-0.2, -0.15) is 0 Å². The predicted molar refractivity (Wildman–Crippen MR) is 68.8 cm³/mol. The first-order chi connectivity index (χ1) is 7.33. The summed E-state index contributed by atoms with van der Waals surface area (Å²) in [7, 11) is 0. The highest BCUT2D eigenvalue weighted by Gasteiger charge is 2.26. The first kappa shape index (κ1) is 13.0. The number of nitrogens with one attached hydrogen (secondary N) is 1. The Labute approximate surface area is 104 Å². The normalized spacial score (nSPS) is 11.2. The van der Waals surface area contributed by atoms with Crippen molar-refractivity contribution in [2.45, 2.75) is 20.8 Å². The van der Waals surface area contributed by atoms with E-state index in [1.165, 1.54) is 0 Å². The lowest BCUT2D eigenvalue weighted by molar-refractivity contribution is -0.146. The molecule has 0 unspecified atom stereocenters. The molecule has 0 aliphatic rings. The minimum atomic E-state index is -0.798. The van der Waals surface area contributed by atoms with Crippen LogP contribution < -0.4 is 5.32 Å². The number of anilines is 1. The maximum absolute atomic E-state index is 10.9. The lowest BCUT2D eigenvalue weighted by Gasteiger charge is -2.21. The summed E-state index contributed by atoms with van der Waals surface area (Å²) in [5.41, 5.74) is 1.29. The van der Waals surface area contributed by atoms with Gasteiger partial charge >= 0.3 is 5.97 Å². The van der Waals surface area contributed by atoms with Crippen molar-refractivity contribution in [1.82, 2.24) is 0 Å². The molecule has 0 aliphatic carbocycles. The molecule has 2 N–H and O–H groups in total. The lowest BCUT2D eigenvalue weighted by Crippen LogP contribution is -2.31. The van der Waals surface area contributed by atoms with E-state index in [4.69, 9.17) is 5.11 Å². The zero-order valence-electron chi connectivity index (χ0n) is 9.67. The summed E-state index contributed by atoms with van der Waals surface area (Å²) in [6.07, 6.45) is 0. The number of benzene rings is 1. The van der Waals surface area contributed by atoms with E-state index in [1.54, 1.807) is 13.8 Å². The quantitative estimate of drug-likeness (QED) is 0.893. The van der Waals surface area contributed by atoms with Crippen LogP contribution in [-0.4, -0.2) is 17.6 Å². The van der Waals surface area contributed by atoms with Gasteiger partial charge in [0.1, 0.15) is 0 Å². The highest BCUT2D eigenvalue weighted by molar-refractivity contribution is 9.10. The van der Waals surface area contributed by atoms with Gasteiger partial charge in [-0.1, -0.05) is 22.0 Å². The Morgan fingerprint density at radius 1 is 1.50 bits per heavy atom. The van der Waals surface area contributed by atoms with E-state index in [9.17, 15) is 4.79 Å². The van der Waals surface area contributed by atoms with E-state index in [0.717, 1.165) is 15.7 Å². The second-order valence-electron chi connectivity index (χ2n) is 4.50. The number of halogens is 1. The molecular formula is C12H16BrNO2. The van der Waals surface area contributed by atoms with Gasteiger partial charge in [-0.3, -0.25) is 4.79 Å². The van der Waals surface area contributed by atoms with Crippen molar-refractivity contribution in [3.63, 3.8) is 0 Å². The van der Waals surface area contributed by atoms with Crippen molar-refractivity contribution >= 4 is 27.6 Å². The van der Waals surface area contributed by atoms with Gasteiger partial charge in [0.15, 0.2) is 0 Å². The van der Waals surface area contributed by atoms with Gasteiger partial charge in [0.05, 0.1) is 5.41 Å². The van der Waals surface area contributed by atoms with Gasteiger partial charge < -0.3 is 10.4 Å². The largest absolute Gasteiger partial charge is 0.481 e. The van der Waals surface area contributed by atoms with Crippen LogP contribution in [0.5, 0.6) is 0 Å². The number of hydrogen-bond acceptors (Lipinski definition) is 2. The second kappa shape index (κ2) is 4.87. The Balaban J connectivity index is 2.75. The van der Waals surface area contributed by atoms with E-state index >= 15 is 0 Å². The monoisotopic (exact) mass is 285 g/mol. The van der Waals surface area contributed by atoms with E-state index < -0.39 is 11.4 Å². The molecule has 1 aromatic rings. The van der Waals surface area contributed by atoms with Gasteiger partial charge in [-0.25, -0.2) is 0 Å². The molecule has 1 aromatic carbocycles. The maximum Gasteiger partial charge on any atom is 0.310 e. The van der Waals surface area contributed by atoms with Crippen LogP contribution >= 0.6 is 15.9 Å². The average Bonchev–Trinajstić information content (AvgIpc) is 2.19. The topological polar surface area (TPSA) is 49.3 Å². The molecule has 0 atom stereocenters. The fourth-order valence-corrected chi connectivity index (χ4v) is 1.54. The number of rotatable bonds is 4. The van der Waals surface area contributed by atoms with Crippen LogP contribution in [0.2, 0.25) is 0 Å². The second-order valence-corrected chi connectivity index (χ2v) is 5.42. The fraction of sp³-hybridized carbons (Fsp3) is 0.417. The molecule has 88 valence electrons. The third-order valence-electron chi connectivity index (χ3n) is 2.50. The zero-order chi connectivity index (χ0) is 12.3. The summed E-state index contributed by atoms with van der Waals surface area (Å²) in [6, 6.07) is 5.90. The van der Waals surface area contributed by atoms with Crippen molar-refractivity contribution in [3.8, 4) is 0 Å². The Kier molecular flexibility index (Phi) is 3.97. The molecule has 4 heteroatoms. The van der Waals surface area contributed by atoms with Gasteiger partial charge in [-0.15, -0.1) is 0 Å². The maximum atomic E-state index is 10.9. The molecule has 3 nitrogen and oxygen atoms in total. The summed E-state index contributed by atoms with van der Waals surface area (Å²) < 4.78 is 0.980. The van der Waals surface area contributed by atoms with Crippen LogP contribution in [0.4, 0.5) is 5.69 Å². The molecule has 0 radical (unpaired) electrons. The number of aryl methyl sites for hydroxylation is 1. The first-order valence-electron chi connectivity index (χ1n) is 5.06. The average molecular weight is 286 g/mol.